The van der Waals surface area contributed by atoms with Gasteiger partial charge in [0.05, 0.1) is 19.3 Å². The highest BCUT2D eigenvalue weighted by molar-refractivity contribution is 7.15. The van der Waals surface area contributed by atoms with E-state index in [1.54, 1.807) is 14.2 Å². The van der Waals surface area contributed by atoms with Gasteiger partial charge in [-0.3, -0.25) is 14.0 Å². The number of carbonyl (C=O) groups is 1. The number of terminal acetylenes is 1. The zero-order valence-corrected chi connectivity index (χ0v) is 14.5. The Labute approximate surface area is 148 Å². The van der Waals surface area contributed by atoms with Crippen LogP contribution in [0.5, 0.6) is 5.75 Å². The Hall–Kier alpha value is -3.11. The maximum Gasteiger partial charge on any atom is 0.271 e. The molecule has 0 aliphatic heterocycles. The molecule has 0 bridgehead atoms. The molecular weight excluding hydrogens is 338 g/mol. The molecule has 6 nitrogen and oxygen atoms in total. The van der Waals surface area contributed by atoms with Crippen molar-refractivity contribution < 1.29 is 9.53 Å². The van der Waals surface area contributed by atoms with Gasteiger partial charge in [-0.15, -0.1) is 17.8 Å². The molecule has 0 radical (unpaired) electrons. The second kappa shape index (κ2) is 6.79. The maximum absolute atomic E-state index is 12.9. The summed E-state index contributed by atoms with van der Waals surface area (Å²) in [5, 5.41) is 1.83. The van der Waals surface area contributed by atoms with E-state index in [0.717, 1.165) is 5.56 Å². The minimum absolute atomic E-state index is 0.0159. The molecule has 0 unspecified atom stereocenters. The third-order valence-electron chi connectivity index (χ3n) is 3.72. The molecule has 3 aromatic rings. The van der Waals surface area contributed by atoms with Crippen LogP contribution in [-0.2, 0) is 0 Å². The second-order valence-electron chi connectivity index (χ2n) is 5.31. The molecule has 0 saturated heterocycles. The van der Waals surface area contributed by atoms with Crippen molar-refractivity contribution in [3.8, 4) is 29.4 Å². The van der Waals surface area contributed by atoms with Crippen LogP contribution in [-0.4, -0.2) is 40.9 Å². The molecule has 2 aromatic heterocycles. The molecule has 0 aliphatic rings. The number of aromatic nitrogens is 2. The molecule has 0 spiro atoms. The predicted octanol–water partition coefficient (Wildman–Crippen LogP) is 2.14. The van der Waals surface area contributed by atoms with E-state index in [1.165, 1.54) is 26.8 Å². The standard InChI is InChI=1S/C18H15N3O3S/c1-4-8-20(2)16(22)14-10-19-18-21(17(14)23)15(11-25-18)12-6-5-7-13(9-12)24-3/h1,5-7,9-11H,8H2,2-3H3. The van der Waals surface area contributed by atoms with Crippen LogP contribution in [0, 0.1) is 12.3 Å². The van der Waals surface area contributed by atoms with E-state index in [4.69, 9.17) is 11.2 Å². The number of ether oxygens (including phenoxy) is 1. The van der Waals surface area contributed by atoms with Crippen LogP contribution in [0.3, 0.4) is 0 Å². The zero-order valence-electron chi connectivity index (χ0n) is 13.7. The van der Waals surface area contributed by atoms with E-state index >= 15 is 0 Å². The Morgan fingerprint density at radius 2 is 2.28 bits per heavy atom. The van der Waals surface area contributed by atoms with Gasteiger partial charge in [-0.25, -0.2) is 4.98 Å². The number of rotatable bonds is 4. The van der Waals surface area contributed by atoms with Crippen molar-refractivity contribution in [2.24, 2.45) is 0 Å². The summed E-state index contributed by atoms with van der Waals surface area (Å²) in [5.74, 6) is 2.61. The molecule has 1 aromatic carbocycles. The lowest BCUT2D eigenvalue weighted by Crippen LogP contribution is -2.33. The first-order valence-corrected chi connectivity index (χ1v) is 8.27. The van der Waals surface area contributed by atoms with Gasteiger partial charge in [0.1, 0.15) is 11.3 Å². The summed E-state index contributed by atoms with van der Waals surface area (Å²) in [5.41, 5.74) is 1.03. The normalized spacial score (nSPS) is 10.4. The van der Waals surface area contributed by atoms with Crippen molar-refractivity contribution in [2.45, 2.75) is 0 Å². The summed E-state index contributed by atoms with van der Waals surface area (Å²) >= 11 is 1.33. The van der Waals surface area contributed by atoms with E-state index in [2.05, 4.69) is 10.9 Å². The number of fused-ring (bicyclic) bond motifs is 1. The molecule has 25 heavy (non-hydrogen) atoms. The van der Waals surface area contributed by atoms with Crippen molar-refractivity contribution in [1.82, 2.24) is 14.3 Å². The van der Waals surface area contributed by atoms with Crippen molar-refractivity contribution in [1.29, 1.82) is 0 Å². The van der Waals surface area contributed by atoms with Crippen LogP contribution in [0.25, 0.3) is 16.2 Å². The topological polar surface area (TPSA) is 63.9 Å². The SMILES string of the molecule is C#CCN(C)C(=O)c1cnc2scc(-c3cccc(OC)c3)n2c1=O. The summed E-state index contributed by atoms with van der Waals surface area (Å²) in [6, 6.07) is 7.36. The number of thiazole rings is 1. The van der Waals surface area contributed by atoms with Gasteiger partial charge in [0.15, 0.2) is 4.96 Å². The Kier molecular flexibility index (Phi) is 4.55. The van der Waals surface area contributed by atoms with Gasteiger partial charge in [0, 0.05) is 24.2 Å². The molecular formula is C18H15N3O3S. The lowest BCUT2D eigenvalue weighted by Gasteiger charge is -2.13. The largest absolute Gasteiger partial charge is 0.497 e. The van der Waals surface area contributed by atoms with Crippen molar-refractivity contribution in [3.63, 3.8) is 0 Å². The molecule has 0 N–H and O–H groups in total. The highest BCUT2D eigenvalue weighted by atomic mass is 32.1. The lowest BCUT2D eigenvalue weighted by atomic mass is 10.1. The maximum atomic E-state index is 12.9. The molecule has 126 valence electrons. The Balaban J connectivity index is 2.17. The third kappa shape index (κ3) is 2.99. The fourth-order valence-corrected chi connectivity index (χ4v) is 3.30. The van der Waals surface area contributed by atoms with Crippen LogP contribution in [0.2, 0.25) is 0 Å². The van der Waals surface area contributed by atoms with Gasteiger partial charge in [-0.05, 0) is 12.1 Å². The summed E-state index contributed by atoms with van der Waals surface area (Å²) in [6.07, 6.45) is 6.54. The zero-order chi connectivity index (χ0) is 18.0. The molecule has 7 heteroatoms. The van der Waals surface area contributed by atoms with Crippen molar-refractivity contribution >= 4 is 22.2 Å². The monoisotopic (exact) mass is 353 g/mol. The van der Waals surface area contributed by atoms with Crippen LogP contribution >= 0.6 is 11.3 Å². The summed E-state index contributed by atoms with van der Waals surface area (Å²) in [6.45, 7) is 0.118. The molecule has 0 aliphatic carbocycles. The molecule has 0 fully saturated rings. The Morgan fingerprint density at radius 3 is 3.00 bits per heavy atom. The van der Waals surface area contributed by atoms with E-state index < -0.39 is 11.5 Å². The number of hydrogen-bond acceptors (Lipinski definition) is 5. The fraction of sp³-hybridized carbons (Fsp3) is 0.167. The minimum atomic E-state index is -0.451. The van der Waals surface area contributed by atoms with Gasteiger partial charge in [0.2, 0.25) is 0 Å². The van der Waals surface area contributed by atoms with E-state index in [-0.39, 0.29) is 12.1 Å². The first-order chi connectivity index (χ1) is 12.1. The molecule has 0 saturated carbocycles. The lowest BCUT2D eigenvalue weighted by molar-refractivity contribution is 0.0810. The van der Waals surface area contributed by atoms with Crippen molar-refractivity contribution in [2.75, 3.05) is 20.7 Å². The Bertz CT molecular complexity index is 1050. The number of carbonyl (C=O) groups excluding carboxylic acids is 1. The van der Waals surface area contributed by atoms with E-state index in [9.17, 15) is 9.59 Å². The number of amides is 1. The summed E-state index contributed by atoms with van der Waals surface area (Å²) in [4.78, 5) is 31.4. The quantitative estimate of drug-likeness (QED) is 0.674. The number of nitrogens with zero attached hydrogens (tertiary/aromatic N) is 3. The summed E-state index contributed by atoms with van der Waals surface area (Å²) in [7, 11) is 3.13. The molecule has 0 atom stereocenters. The first kappa shape index (κ1) is 16.7. The fourth-order valence-electron chi connectivity index (χ4n) is 2.44. The van der Waals surface area contributed by atoms with Gasteiger partial charge >= 0.3 is 0 Å². The second-order valence-corrected chi connectivity index (χ2v) is 6.15. The van der Waals surface area contributed by atoms with Crippen LogP contribution in [0.15, 0.2) is 40.6 Å². The minimum Gasteiger partial charge on any atom is -0.497 e. The van der Waals surface area contributed by atoms with Gasteiger partial charge in [-0.2, -0.15) is 0 Å². The first-order valence-electron chi connectivity index (χ1n) is 7.39. The van der Waals surface area contributed by atoms with Gasteiger partial charge in [-0.1, -0.05) is 18.1 Å². The van der Waals surface area contributed by atoms with Crippen LogP contribution in [0.4, 0.5) is 0 Å². The summed E-state index contributed by atoms with van der Waals surface area (Å²) < 4.78 is 6.68. The van der Waals surface area contributed by atoms with Gasteiger partial charge in [0.25, 0.3) is 11.5 Å². The molecule has 2 heterocycles. The average molecular weight is 353 g/mol. The number of hydrogen-bond donors (Lipinski definition) is 0. The highest BCUT2D eigenvalue weighted by Gasteiger charge is 2.19. The highest BCUT2D eigenvalue weighted by Crippen LogP contribution is 2.26. The van der Waals surface area contributed by atoms with E-state index in [1.807, 2.05) is 29.6 Å². The molecule has 1 amide bonds. The Morgan fingerprint density at radius 1 is 1.48 bits per heavy atom. The van der Waals surface area contributed by atoms with Crippen LogP contribution < -0.4 is 10.3 Å². The molecule has 3 rings (SSSR count). The third-order valence-corrected chi connectivity index (χ3v) is 4.56. The number of benzene rings is 1. The van der Waals surface area contributed by atoms with Crippen LogP contribution in [0.1, 0.15) is 10.4 Å². The van der Waals surface area contributed by atoms with Gasteiger partial charge < -0.3 is 9.64 Å². The number of methoxy groups -OCH3 is 1. The van der Waals surface area contributed by atoms with Crippen molar-refractivity contribution in [3.05, 3.63) is 51.8 Å². The smallest absolute Gasteiger partial charge is 0.271 e. The average Bonchev–Trinajstić information content (AvgIpc) is 3.07. The van der Waals surface area contributed by atoms with E-state index in [0.29, 0.717) is 16.4 Å². The predicted molar refractivity (Wildman–Crippen MR) is 97.1 cm³/mol.